The Kier molecular flexibility index (Phi) is 5.49. The summed E-state index contributed by atoms with van der Waals surface area (Å²) in [6.45, 7) is 0.494. The van der Waals surface area contributed by atoms with Crippen LogP contribution in [0.3, 0.4) is 0 Å². The number of hydrogen-bond donors (Lipinski definition) is 0. The highest BCUT2D eigenvalue weighted by atomic mass is 19.1. The number of amides is 1. The highest BCUT2D eigenvalue weighted by Crippen LogP contribution is 2.32. The van der Waals surface area contributed by atoms with Crippen LogP contribution in [0, 0.1) is 5.82 Å². The molecule has 0 saturated carbocycles. The highest BCUT2D eigenvalue weighted by molar-refractivity contribution is 5.84. The number of oxazole rings is 1. The van der Waals surface area contributed by atoms with Crippen LogP contribution in [-0.4, -0.2) is 38.9 Å². The van der Waals surface area contributed by atoms with Gasteiger partial charge in [-0.15, -0.1) is 0 Å². The maximum Gasteiger partial charge on any atom is 0.261 e. The van der Waals surface area contributed by atoms with Crippen LogP contribution in [-0.2, 0) is 11.2 Å². The van der Waals surface area contributed by atoms with E-state index in [9.17, 15) is 9.18 Å². The first-order valence-electron chi connectivity index (χ1n) is 10.5. The molecular formula is C24H21FN4O3. The lowest BCUT2D eigenvalue weighted by Crippen LogP contribution is -2.34. The molecule has 3 heterocycles. The molecule has 2 aromatic heterocycles. The fraction of sp³-hybridized carbons (Fsp3) is 0.250. The van der Waals surface area contributed by atoms with Crippen LogP contribution in [0.1, 0.15) is 36.1 Å². The highest BCUT2D eigenvalue weighted by Gasteiger charge is 2.33. The van der Waals surface area contributed by atoms with Crippen LogP contribution in [0.25, 0.3) is 10.9 Å². The number of para-hydroxylation sites is 1. The number of carbonyl (C=O) groups is 1. The normalized spacial score (nSPS) is 15.9. The van der Waals surface area contributed by atoms with Gasteiger partial charge in [-0.3, -0.25) is 4.79 Å². The molecule has 0 radical (unpaired) electrons. The summed E-state index contributed by atoms with van der Waals surface area (Å²) >= 11 is 0. The summed E-state index contributed by atoms with van der Waals surface area (Å²) in [6.07, 6.45) is 5.25. The molecule has 0 spiro atoms. The molecule has 0 N–H and O–H groups in total. The Hall–Kier alpha value is -3.81. The van der Waals surface area contributed by atoms with Gasteiger partial charge in [0, 0.05) is 13.0 Å². The Bertz CT molecular complexity index is 1240. The second-order valence-corrected chi connectivity index (χ2v) is 7.70. The summed E-state index contributed by atoms with van der Waals surface area (Å²) in [7, 11) is 0. The van der Waals surface area contributed by atoms with Gasteiger partial charge in [-0.2, -0.15) is 0 Å². The largest absolute Gasteiger partial charge is 0.467 e. The fourth-order valence-corrected chi connectivity index (χ4v) is 3.99. The molecule has 1 unspecified atom stereocenters. The number of halogens is 1. The van der Waals surface area contributed by atoms with Gasteiger partial charge in [-0.05, 0) is 42.7 Å². The lowest BCUT2D eigenvalue weighted by molar-refractivity contribution is -0.134. The maximum atomic E-state index is 13.1. The third kappa shape index (κ3) is 4.16. The van der Waals surface area contributed by atoms with Crippen molar-refractivity contribution in [3.63, 3.8) is 0 Å². The van der Waals surface area contributed by atoms with Crippen molar-refractivity contribution in [2.24, 2.45) is 0 Å². The Morgan fingerprint density at radius 3 is 2.84 bits per heavy atom. The standard InChI is InChI=1S/C24H21FN4O3/c25-17-9-7-16(8-10-17)12-18-13-26-24(32-18)21-6-3-11-29(21)22(30)14-31-23-19-4-1-2-5-20(19)27-15-28-23/h1-2,4-5,7-10,13,15,21H,3,6,11-12,14H2. The van der Waals surface area contributed by atoms with E-state index in [2.05, 4.69) is 15.0 Å². The van der Waals surface area contributed by atoms with Gasteiger partial charge in [0.15, 0.2) is 6.61 Å². The average Bonchev–Trinajstić information content (AvgIpc) is 3.48. The van der Waals surface area contributed by atoms with E-state index < -0.39 is 0 Å². The van der Waals surface area contributed by atoms with E-state index in [1.54, 1.807) is 23.2 Å². The van der Waals surface area contributed by atoms with Crippen LogP contribution in [0.15, 0.2) is 65.5 Å². The molecule has 7 nitrogen and oxygen atoms in total. The molecule has 1 saturated heterocycles. The minimum Gasteiger partial charge on any atom is -0.467 e. The Morgan fingerprint density at radius 1 is 1.12 bits per heavy atom. The second kappa shape index (κ2) is 8.74. The summed E-state index contributed by atoms with van der Waals surface area (Å²) < 4.78 is 24.8. The number of carbonyl (C=O) groups excluding carboxylic acids is 1. The molecule has 1 aliphatic heterocycles. The van der Waals surface area contributed by atoms with Crippen molar-refractivity contribution in [3.05, 3.63) is 84.1 Å². The topological polar surface area (TPSA) is 81.4 Å². The number of rotatable bonds is 6. The van der Waals surface area contributed by atoms with Crippen molar-refractivity contribution in [2.75, 3.05) is 13.2 Å². The first-order chi connectivity index (χ1) is 15.7. The zero-order chi connectivity index (χ0) is 21.9. The Labute approximate surface area is 183 Å². The molecule has 1 fully saturated rings. The van der Waals surface area contributed by atoms with Crippen molar-refractivity contribution in [3.8, 4) is 5.88 Å². The predicted molar refractivity (Wildman–Crippen MR) is 114 cm³/mol. The zero-order valence-corrected chi connectivity index (χ0v) is 17.3. The molecule has 1 amide bonds. The Balaban J connectivity index is 1.25. The molecular weight excluding hydrogens is 411 g/mol. The van der Waals surface area contributed by atoms with E-state index in [1.165, 1.54) is 18.5 Å². The summed E-state index contributed by atoms with van der Waals surface area (Å²) in [4.78, 5) is 27.5. The molecule has 4 aromatic rings. The van der Waals surface area contributed by atoms with Crippen molar-refractivity contribution in [1.82, 2.24) is 19.9 Å². The molecule has 32 heavy (non-hydrogen) atoms. The quantitative estimate of drug-likeness (QED) is 0.457. The van der Waals surface area contributed by atoms with Gasteiger partial charge in [0.2, 0.25) is 11.8 Å². The number of likely N-dealkylation sites (tertiary alicyclic amines) is 1. The fourth-order valence-electron chi connectivity index (χ4n) is 3.99. The summed E-state index contributed by atoms with van der Waals surface area (Å²) in [5.41, 5.74) is 1.69. The Morgan fingerprint density at radius 2 is 1.97 bits per heavy atom. The van der Waals surface area contributed by atoms with Crippen LogP contribution in [0.4, 0.5) is 4.39 Å². The number of ether oxygens (including phenoxy) is 1. The average molecular weight is 432 g/mol. The van der Waals surface area contributed by atoms with Gasteiger partial charge in [0.25, 0.3) is 5.91 Å². The van der Waals surface area contributed by atoms with E-state index in [1.807, 2.05) is 24.3 Å². The van der Waals surface area contributed by atoms with Crippen molar-refractivity contribution < 1.29 is 18.3 Å². The maximum absolute atomic E-state index is 13.1. The summed E-state index contributed by atoms with van der Waals surface area (Å²) in [5.74, 6) is 1.16. The zero-order valence-electron chi connectivity index (χ0n) is 17.3. The molecule has 1 atom stereocenters. The van der Waals surface area contributed by atoms with Gasteiger partial charge in [0.05, 0.1) is 17.1 Å². The van der Waals surface area contributed by atoms with Crippen molar-refractivity contribution in [1.29, 1.82) is 0 Å². The first kappa shape index (κ1) is 20.1. The van der Waals surface area contributed by atoms with Gasteiger partial charge >= 0.3 is 0 Å². The molecule has 162 valence electrons. The van der Waals surface area contributed by atoms with Gasteiger partial charge in [0.1, 0.15) is 23.9 Å². The van der Waals surface area contributed by atoms with E-state index >= 15 is 0 Å². The van der Waals surface area contributed by atoms with Gasteiger partial charge in [-0.1, -0.05) is 24.3 Å². The number of aromatic nitrogens is 3. The third-order valence-electron chi connectivity index (χ3n) is 5.56. The number of hydrogen-bond acceptors (Lipinski definition) is 6. The third-order valence-corrected chi connectivity index (χ3v) is 5.56. The number of nitrogens with zero attached hydrogens (tertiary/aromatic N) is 4. The van der Waals surface area contributed by atoms with Crippen LogP contribution in [0.2, 0.25) is 0 Å². The number of fused-ring (bicyclic) bond motifs is 1. The van der Waals surface area contributed by atoms with Crippen LogP contribution in [0.5, 0.6) is 5.88 Å². The van der Waals surface area contributed by atoms with Crippen LogP contribution < -0.4 is 4.74 Å². The lowest BCUT2D eigenvalue weighted by Gasteiger charge is -2.22. The lowest BCUT2D eigenvalue weighted by atomic mass is 10.1. The molecule has 8 heteroatoms. The van der Waals surface area contributed by atoms with Crippen molar-refractivity contribution in [2.45, 2.75) is 25.3 Å². The minimum absolute atomic E-state index is 0.124. The number of benzene rings is 2. The van der Waals surface area contributed by atoms with E-state index in [-0.39, 0.29) is 24.4 Å². The first-order valence-corrected chi connectivity index (χ1v) is 10.5. The second-order valence-electron chi connectivity index (χ2n) is 7.70. The summed E-state index contributed by atoms with van der Waals surface area (Å²) in [6, 6.07) is 13.6. The van der Waals surface area contributed by atoms with E-state index in [4.69, 9.17) is 9.15 Å². The molecule has 5 rings (SSSR count). The van der Waals surface area contributed by atoms with Gasteiger partial charge in [-0.25, -0.2) is 19.3 Å². The monoisotopic (exact) mass is 432 g/mol. The smallest absolute Gasteiger partial charge is 0.261 e. The van der Waals surface area contributed by atoms with E-state index in [0.29, 0.717) is 30.5 Å². The van der Waals surface area contributed by atoms with E-state index in [0.717, 1.165) is 29.3 Å². The molecule has 1 aliphatic rings. The molecule has 0 bridgehead atoms. The van der Waals surface area contributed by atoms with Crippen molar-refractivity contribution >= 4 is 16.8 Å². The molecule has 0 aliphatic carbocycles. The summed E-state index contributed by atoms with van der Waals surface area (Å²) in [5, 5.41) is 0.763. The minimum atomic E-state index is -0.274. The predicted octanol–water partition coefficient (Wildman–Crippen LogP) is 4.09. The molecule has 2 aromatic carbocycles. The van der Waals surface area contributed by atoms with Gasteiger partial charge < -0.3 is 14.1 Å². The SMILES string of the molecule is O=C(COc1ncnc2ccccc12)N1CCCC1c1ncc(Cc2ccc(F)cc2)o1. The van der Waals surface area contributed by atoms with Crippen LogP contribution >= 0.6 is 0 Å².